The molecule has 1 heterocycles. The van der Waals surface area contributed by atoms with Gasteiger partial charge in [0.1, 0.15) is 5.75 Å². The Balaban J connectivity index is 1.72. The third kappa shape index (κ3) is 3.25. The van der Waals surface area contributed by atoms with Gasteiger partial charge in [-0.1, -0.05) is 60.7 Å². The number of fused-ring (bicyclic) bond motifs is 1. The smallest absolute Gasteiger partial charge is 0.118 e. The zero-order chi connectivity index (χ0) is 17.9. The zero-order valence-corrected chi connectivity index (χ0v) is 15.5. The van der Waals surface area contributed by atoms with Crippen molar-refractivity contribution in [3.63, 3.8) is 0 Å². The van der Waals surface area contributed by atoms with Crippen molar-refractivity contribution < 1.29 is 4.74 Å². The Morgan fingerprint density at radius 1 is 0.885 bits per heavy atom. The predicted octanol–water partition coefficient (Wildman–Crippen LogP) is 5.15. The van der Waals surface area contributed by atoms with Crippen molar-refractivity contribution in [2.75, 3.05) is 13.7 Å². The molecule has 2 heteroatoms. The van der Waals surface area contributed by atoms with E-state index in [1.165, 1.54) is 27.8 Å². The highest BCUT2D eigenvalue weighted by atomic mass is 16.5. The predicted molar refractivity (Wildman–Crippen MR) is 107 cm³/mol. The minimum absolute atomic E-state index is 0.309. The Kier molecular flexibility index (Phi) is 4.77. The maximum absolute atomic E-state index is 5.30. The topological polar surface area (TPSA) is 12.5 Å². The first-order chi connectivity index (χ1) is 12.8. The van der Waals surface area contributed by atoms with Gasteiger partial charge in [-0.3, -0.25) is 4.90 Å². The third-order valence-corrected chi connectivity index (χ3v) is 5.41. The van der Waals surface area contributed by atoms with E-state index < -0.39 is 0 Å². The third-order valence-electron chi connectivity index (χ3n) is 5.41. The van der Waals surface area contributed by atoms with Crippen molar-refractivity contribution in [2.24, 2.45) is 0 Å². The number of methoxy groups -OCH3 is 1. The van der Waals surface area contributed by atoms with Gasteiger partial charge < -0.3 is 4.74 Å². The summed E-state index contributed by atoms with van der Waals surface area (Å²) in [6.45, 7) is 4.23. The summed E-state index contributed by atoms with van der Waals surface area (Å²) in [7, 11) is 1.71. The quantitative estimate of drug-likeness (QED) is 0.649. The molecule has 0 saturated heterocycles. The van der Waals surface area contributed by atoms with Crippen LogP contribution in [-0.2, 0) is 13.0 Å². The van der Waals surface area contributed by atoms with Crippen LogP contribution in [0.4, 0.5) is 0 Å². The van der Waals surface area contributed by atoms with Gasteiger partial charge in [0, 0.05) is 13.1 Å². The molecule has 0 fully saturated rings. The largest absolute Gasteiger partial charge is 0.497 e. The van der Waals surface area contributed by atoms with Crippen LogP contribution in [0.5, 0.6) is 5.75 Å². The second-order valence-electron chi connectivity index (χ2n) is 7.03. The van der Waals surface area contributed by atoms with E-state index in [0.717, 1.165) is 25.3 Å². The van der Waals surface area contributed by atoms with Crippen molar-refractivity contribution in [1.29, 1.82) is 0 Å². The number of benzene rings is 3. The molecule has 0 radical (unpaired) electrons. The number of aryl methyl sites for hydroxylation is 1. The molecule has 4 rings (SSSR count). The van der Waals surface area contributed by atoms with Crippen LogP contribution in [-0.4, -0.2) is 18.6 Å². The molecule has 0 saturated carbocycles. The van der Waals surface area contributed by atoms with E-state index >= 15 is 0 Å². The molecule has 0 spiro atoms. The fourth-order valence-electron chi connectivity index (χ4n) is 4.01. The van der Waals surface area contributed by atoms with Crippen LogP contribution in [0, 0.1) is 6.92 Å². The van der Waals surface area contributed by atoms with Crippen LogP contribution in [0.2, 0.25) is 0 Å². The van der Waals surface area contributed by atoms with Crippen LogP contribution in [0.25, 0.3) is 0 Å². The lowest BCUT2D eigenvalue weighted by molar-refractivity contribution is 0.204. The molecule has 0 aliphatic carbocycles. The molecule has 3 aromatic carbocycles. The summed E-state index contributed by atoms with van der Waals surface area (Å²) in [5, 5.41) is 0. The molecule has 1 atom stereocenters. The van der Waals surface area contributed by atoms with Crippen molar-refractivity contribution in [3.8, 4) is 5.75 Å². The van der Waals surface area contributed by atoms with Gasteiger partial charge in [0.2, 0.25) is 0 Å². The Morgan fingerprint density at radius 3 is 2.31 bits per heavy atom. The van der Waals surface area contributed by atoms with Crippen molar-refractivity contribution in [2.45, 2.75) is 25.9 Å². The Labute approximate surface area is 156 Å². The van der Waals surface area contributed by atoms with Gasteiger partial charge in [0.25, 0.3) is 0 Å². The number of ether oxygens (including phenoxy) is 1. The summed E-state index contributed by atoms with van der Waals surface area (Å²) < 4.78 is 5.30. The van der Waals surface area contributed by atoms with E-state index in [1.54, 1.807) is 7.11 Å². The van der Waals surface area contributed by atoms with Crippen LogP contribution < -0.4 is 4.74 Å². The molecule has 132 valence electrons. The number of rotatable bonds is 4. The van der Waals surface area contributed by atoms with E-state index in [-0.39, 0.29) is 0 Å². The van der Waals surface area contributed by atoms with Crippen LogP contribution in [0.1, 0.15) is 33.9 Å². The molecule has 26 heavy (non-hydrogen) atoms. The Hall–Kier alpha value is -2.58. The SMILES string of the molecule is COc1ccc(CN2CCc3ccccc3C2c2ccccc2C)cc1. The second-order valence-corrected chi connectivity index (χ2v) is 7.03. The monoisotopic (exact) mass is 343 g/mol. The minimum Gasteiger partial charge on any atom is -0.497 e. The molecule has 0 amide bonds. The van der Waals surface area contributed by atoms with Gasteiger partial charge >= 0.3 is 0 Å². The number of hydrogen-bond acceptors (Lipinski definition) is 2. The summed E-state index contributed by atoms with van der Waals surface area (Å²) in [6.07, 6.45) is 1.11. The van der Waals surface area contributed by atoms with E-state index in [2.05, 4.69) is 84.6 Å². The van der Waals surface area contributed by atoms with Gasteiger partial charge in [-0.25, -0.2) is 0 Å². The first kappa shape index (κ1) is 16.9. The number of hydrogen-bond donors (Lipinski definition) is 0. The molecular formula is C24H25NO. The molecule has 1 aliphatic heterocycles. The molecule has 0 bridgehead atoms. The van der Waals surface area contributed by atoms with Crippen molar-refractivity contribution in [3.05, 3.63) is 101 Å². The maximum atomic E-state index is 5.30. The average Bonchev–Trinajstić information content (AvgIpc) is 2.69. The van der Waals surface area contributed by atoms with Gasteiger partial charge in [-0.2, -0.15) is 0 Å². The average molecular weight is 343 g/mol. The lowest BCUT2D eigenvalue weighted by Gasteiger charge is -2.38. The van der Waals surface area contributed by atoms with Gasteiger partial charge in [-0.15, -0.1) is 0 Å². The summed E-state index contributed by atoms with van der Waals surface area (Å²) in [6, 6.07) is 26.5. The fraction of sp³-hybridized carbons (Fsp3) is 0.250. The van der Waals surface area contributed by atoms with E-state index in [4.69, 9.17) is 4.74 Å². The summed E-state index contributed by atoms with van der Waals surface area (Å²) >= 11 is 0. The lowest BCUT2D eigenvalue weighted by Crippen LogP contribution is -2.36. The zero-order valence-electron chi connectivity index (χ0n) is 15.5. The van der Waals surface area contributed by atoms with Gasteiger partial charge in [0.05, 0.1) is 13.2 Å². The Bertz CT molecular complexity index is 885. The lowest BCUT2D eigenvalue weighted by atomic mass is 9.86. The standard InChI is InChI=1S/C24H25NO/c1-18-7-3-5-9-22(18)24-23-10-6-4-8-20(23)15-16-25(24)17-19-11-13-21(26-2)14-12-19/h3-14,24H,15-17H2,1-2H3. The molecular weight excluding hydrogens is 318 g/mol. The fourth-order valence-corrected chi connectivity index (χ4v) is 4.01. The first-order valence-corrected chi connectivity index (χ1v) is 9.26. The summed E-state index contributed by atoms with van der Waals surface area (Å²) in [5.74, 6) is 0.910. The second kappa shape index (κ2) is 7.35. The van der Waals surface area contributed by atoms with Crippen LogP contribution in [0.15, 0.2) is 72.8 Å². The molecule has 1 aliphatic rings. The van der Waals surface area contributed by atoms with E-state index in [9.17, 15) is 0 Å². The molecule has 0 N–H and O–H groups in total. The Morgan fingerprint density at radius 2 is 1.58 bits per heavy atom. The van der Waals surface area contributed by atoms with E-state index in [0.29, 0.717) is 6.04 Å². The summed E-state index contributed by atoms with van der Waals surface area (Å²) in [4.78, 5) is 2.60. The van der Waals surface area contributed by atoms with Crippen LogP contribution >= 0.6 is 0 Å². The van der Waals surface area contributed by atoms with E-state index in [1.807, 2.05) is 0 Å². The first-order valence-electron chi connectivity index (χ1n) is 9.26. The maximum Gasteiger partial charge on any atom is 0.118 e. The van der Waals surface area contributed by atoms with Gasteiger partial charge in [-0.05, 0) is 53.3 Å². The highest BCUT2D eigenvalue weighted by molar-refractivity contribution is 5.42. The molecule has 3 aromatic rings. The van der Waals surface area contributed by atoms with Gasteiger partial charge in [0.15, 0.2) is 0 Å². The van der Waals surface area contributed by atoms with Crippen molar-refractivity contribution in [1.82, 2.24) is 4.90 Å². The highest BCUT2D eigenvalue weighted by Gasteiger charge is 2.29. The molecule has 0 aromatic heterocycles. The molecule has 2 nitrogen and oxygen atoms in total. The van der Waals surface area contributed by atoms with Crippen LogP contribution in [0.3, 0.4) is 0 Å². The number of nitrogens with zero attached hydrogens (tertiary/aromatic N) is 1. The van der Waals surface area contributed by atoms with Crippen molar-refractivity contribution >= 4 is 0 Å². The minimum atomic E-state index is 0.309. The highest BCUT2D eigenvalue weighted by Crippen LogP contribution is 2.37. The molecule has 1 unspecified atom stereocenters. The summed E-state index contributed by atoms with van der Waals surface area (Å²) in [5.41, 5.74) is 7.01. The normalized spacial score (nSPS) is 16.9.